The van der Waals surface area contributed by atoms with Gasteiger partial charge in [0.25, 0.3) is 0 Å². The molecule has 0 unspecified atom stereocenters. The molecule has 2 amide bonds. The Bertz CT molecular complexity index is 376. The maximum Gasteiger partial charge on any atom is 0.239 e. The van der Waals surface area contributed by atoms with Crippen molar-refractivity contribution in [3.63, 3.8) is 0 Å². The van der Waals surface area contributed by atoms with Gasteiger partial charge in [0, 0.05) is 6.54 Å². The summed E-state index contributed by atoms with van der Waals surface area (Å²) in [4.78, 5) is 22.6. The van der Waals surface area contributed by atoms with Crippen LogP contribution in [-0.4, -0.2) is 31.4 Å². The molecule has 0 saturated heterocycles. The average Bonchev–Trinajstić information content (AvgIpc) is 2.87. The van der Waals surface area contributed by atoms with Crippen LogP contribution in [0.3, 0.4) is 0 Å². The van der Waals surface area contributed by atoms with E-state index in [1.807, 2.05) is 19.9 Å². The van der Waals surface area contributed by atoms with E-state index >= 15 is 0 Å². The molecule has 0 saturated carbocycles. The molecule has 6 heteroatoms. The van der Waals surface area contributed by atoms with Crippen molar-refractivity contribution in [2.24, 2.45) is 0 Å². The molecule has 1 heterocycles. The second-order valence-electron chi connectivity index (χ2n) is 3.85. The van der Waals surface area contributed by atoms with Crippen LogP contribution in [0.15, 0.2) is 22.8 Å². The highest BCUT2D eigenvalue weighted by molar-refractivity contribution is 5.85. The van der Waals surface area contributed by atoms with Gasteiger partial charge in [0.1, 0.15) is 5.76 Å². The Labute approximate surface area is 106 Å². The normalized spacial score (nSPS) is 11.9. The number of likely N-dealkylation sites (N-methyl/N-ethyl adjacent to an activating group) is 1. The molecule has 0 spiro atoms. The van der Waals surface area contributed by atoms with Crippen LogP contribution in [0.4, 0.5) is 0 Å². The van der Waals surface area contributed by atoms with Crippen molar-refractivity contribution in [1.29, 1.82) is 0 Å². The zero-order valence-corrected chi connectivity index (χ0v) is 10.7. The van der Waals surface area contributed by atoms with Crippen LogP contribution in [0, 0.1) is 0 Å². The molecule has 1 aromatic rings. The molecule has 0 aromatic carbocycles. The quantitative estimate of drug-likeness (QED) is 0.647. The molecular formula is C12H19N3O3. The second kappa shape index (κ2) is 7.50. The first kappa shape index (κ1) is 14.2. The maximum absolute atomic E-state index is 11.4. The van der Waals surface area contributed by atoms with Gasteiger partial charge in [-0.3, -0.25) is 14.9 Å². The first-order chi connectivity index (χ1) is 8.63. The molecule has 0 aliphatic heterocycles. The summed E-state index contributed by atoms with van der Waals surface area (Å²) in [5, 5.41) is 8.13. The van der Waals surface area contributed by atoms with Crippen LogP contribution in [0.2, 0.25) is 0 Å². The lowest BCUT2D eigenvalue weighted by Gasteiger charge is -2.11. The van der Waals surface area contributed by atoms with Crippen LogP contribution in [-0.2, 0) is 9.59 Å². The topological polar surface area (TPSA) is 83.4 Å². The number of carbonyl (C=O) groups excluding carboxylic acids is 2. The third-order valence-electron chi connectivity index (χ3n) is 2.36. The summed E-state index contributed by atoms with van der Waals surface area (Å²) in [6.07, 6.45) is 1.59. The smallest absolute Gasteiger partial charge is 0.239 e. The molecular weight excluding hydrogens is 234 g/mol. The van der Waals surface area contributed by atoms with E-state index in [0.717, 1.165) is 5.76 Å². The number of hydrogen-bond acceptors (Lipinski definition) is 4. The monoisotopic (exact) mass is 253 g/mol. The lowest BCUT2D eigenvalue weighted by molar-refractivity contribution is -0.125. The van der Waals surface area contributed by atoms with Crippen molar-refractivity contribution >= 4 is 11.8 Å². The van der Waals surface area contributed by atoms with Gasteiger partial charge in [0.15, 0.2) is 0 Å². The number of nitrogens with one attached hydrogen (secondary N) is 3. The zero-order valence-electron chi connectivity index (χ0n) is 10.7. The Kier molecular flexibility index (Phi) is 5.93. The predicted octanol–water partition coefficient (Wildman–Crippen LogP) is 0.183. The van der Waals surface area contributed by atoms with Crippen LogP contribution in [0.5, 0.6) is 0 Å². The highest BCUT2D eigenvalue weighted by atomic mass is 16.3. The summed E-state index contributed by atoms with van der Waals surface area (Å²) in [6, 6.07) is 3.59. The SMILES string of the molecule is CCNC(=O)CNC(=O)CN[C@H](C)c1ccco1. The zero-order chi connectivity index (χ0) is 13.4. The van der Waals surface area contributed by atoms with Gasteiger partial charge in [-0.05, 0) is 26.0 Å². The Hall–Kier alpha value is -1.82. The lowest BCUT2D eigenvalue weighted by Crippen LogP contribution is -2.41. The molecule has 1 aromatic heterocycles. The standard InChI is InChI=1S/C12H19N3O3/c1-3-13-11(16)8-15-12(17)7-14-9(2)10-5-4-6-18-10/h4-6,9,14H,3,7-8H2,1-2H3,(H,13,16)(H,15,17)/t9-/m1/s1. The first-order valence-electron chi connectivity index (χ1n) is 5.93. The molecule has 1 rings (SSSR count). The van der Waals surface area contributed by atoms with Gasteiger partial charge < -0.3 is 15.1 Å². The van der Waals surface area contributed by atoms with E-state index < -0.39 is 0 Å². The third-order valence-corrected chi connectivity index (χ3v) is 2.36. The Morgan fingerprint density at radius 1 is 1.28 bits per heavy atom. The van der Waals surface area contributed by atoms with Gasteiger partial charge >= 0.3 is 0 Å². The van der Waals surface area contributed by atoms with Gasteiger partial charge in [-0.2, -0.15) is 0 Å². The minimum absolute atomic E-state index is 0.00346. The van der Waals surface area contributed by atoms with E-state index in [1.54, 1.807) is 12.3 Å². The van der Waals surface area contributed by atoms with Crippen LogP contribution in [0.25, 0.3) is 0 Å². The van der Waals surface area contributed by atoms with E-state index in [-0.39, 0.29) is 30.9 Å². The van der Waals surface area contributed by atoms with Crippen molar-refractivity contribution < 1.29 is 14.0 Å². The maximum atomic E-state index is 11.4. The predicted molar refractivity (Wildman–Crippen MR) is 66.8 cm³/mol. The molecule has 100 valence electrons. The van der Waals surface area contributed by atoms with Gasteiger partial charge in [0.2, 0.25) is 11.8 Å². The van der Waals surface area contributed by atoms with Crippen molar-refractivity contribution in [2.45, 2.75) is 19.9 Å². The summed E-state index contributed by atoms with van der Waals surface area (Å²) in [6.45, 7) is 4.43. The Balaban J connectivity index is 2.19. The molecule has 0 radical (unpaired) electrons. The van der Waals surface area contributed by atoms with E-state index in [2.05, 4.69) is 16.0 Å². The molecule has 0 fully saturated rings. The van der Waals surface area contributed by atoms with E-state index in [0.29, 0.717) is 6.54 Å². The number of amides is 2. The van der Waals surface area contributed by atoms with E-state index in [9.17, 15) is 9.59 Å². The molecule has 0 aliphatic rings. The average molecular weight is 253 g/mol. The minimum atomic E-state index is -0.223. The molecule has 3 N–H and O–H groups in total. The fourth-order valence-corrected chi connectivity index (χ4v) is 1.39. The largest absolute Gasteiger partial charge is 0.468 e. The fraction of sp³-hybridized carbons (Fsp3) is 0.500. The minimum Gasteiger partial charge on any atom is -0.468 e. The fourth-order valence-electron chi connectivity index (χ4n) is 1.39. The van der Waals surface area contributed by atoms with Crippen LogP contribution < -0.4 is 16.0 Å². The van der Waals surface area contributed by atoms with E-state index in [1.165, 1.54) is 0 Å². The summed E-state index contributed by atoms with van der Waals surface area (Å²) in [7, 11) is 0. The highest BCUT2D eigenvalue weighted by Gasteiger charge is 2.10. The number of rotatable bonds is 7. The summed E-state index contributed by atoms with van der Waals surface area (Å²) >= 11 is 0. The Morgan fingerprint density at radius 3 is 2.61 bits per heavy atom. The molecule has 6 nitrogen and oxygen atoms in total. The van der Waals surface area contributed by atoms with Crippen molar-refractivity contribution in [3.8, 4) is 0 Å². The highest BCUT2D eigenvalue weighted by Crippen LogP contribution is 2.11. The molecule has 0 bridgehead atoms. The van der Waals surface area contributed by atoms with Crippen molar-refractivity contribution in [1.82, 2.24) is 16.0 Å². The van der Waals surface area contributed by atoms with Gasteiger partial charge in [-0.15, -0.1) is 0 Å². The summed E-state index contributed by atoms with van der Waals surface area (Å²) in [5.74, 6) is 0.358. The number of hydrogen-bond donors (Lipinski definition) is 3. The van der Waals surface area contributed by atoms with Gasteiger partial charge in [-0.25, -0.2) is 0 Å². The molecule has 18 heavy (non-hydrogen) atoms. The van der Waals surface area contributed by atoms with Gasteiger partial charge in [-0.1, -0.05) is 0 Å². The van der Waals surface area contributed by atoms with Crippen molar-refractivity contribution in [2.75, 3.05) is 19.6 Å². The molecule has 1 atom stereocenters. The second-order valence-corrected chi connectivity index (χ2v) is 3.85. The summed E-state index contributed by atoms with van der Waals surface area (Å²) in [5.41, 5.74) is 0. The number of carbonyl (C=O) groups is 2. The Morgan fingerprint density at radius 2 is 2.00 bits per heavy atom. The van der Waals surface area contributed by atoms with E-state index in [4.69, 9.17) is 4.42 Å². The van der Waals surface area contributed by atoms with Crippen LogP contribution in [0.1, 0.15) is 25.6 Å². The van der Waals surface area contributed by atoms with Gasteiger partial charge in [0.05, 0.1) is 25.4 Å². The van der Waals surface area contributed by atoms with Crippen molar-refractivity contribution in [3.05, 3.63) is 24.2 Å². The summed E-state index contributed by atoms with van der Waals surface area (Å²) < 4.78 is 5.20. The number of furan rings is 1. The first-order valence-corrected chi connectivity index (χ1v) is 5.93. The van der Waals surface area contributed by atoms with Crippen LogP contribution >= 0.6 is 0 Å². The lowest BCUT2D eigenvalue weighted by atomic mass is 10.2. The molecule has 0 aliphatic carbocycles. The third kappa shape index (κ3) is 5.01.